The third kappa shape index (κ3) is 2.70. The van der Waals surface area contributed by atoms with E-state index >= 15 is 0 Å². The average Bonchev–Trinajstić information content (AvgIpc) is 2.84. The normalized spacial score (nSPS) is 10.6. The summed E-state index contributed by atoms with van der Waals surface area (Å²) in [5.41, 5.74) is 3.56. The summed E-state index contributed by atoms with van der Waals surface area (Å²) in [4.78, 5) is 0. The molecule has 0 aliphatic heterocycles. The molecule has 2 aromatic rings. The standard InChI is InChI=1S/C13H17N3/c1-2-8-14-10-11-3-5-12(6-4-11)13-7-9-15-16-13/h3-7,9,14H,2,8,10H2,1H3,(H,15,16). The van der Waals surface area contributed by atoms with Crippen molar-refractivity contribution in [2.24, 2.45) is 0 Å². The summed E-state index contributed by atoms with van der Waals surface area (Å²) in [6.07, 6.45) is 2.94. The molecule has 0 bridgehead atoms. The SMILES string of the molecule is CCCNCc1ccc(-c2ccn[nH]2)cc1. The smallest absolute Gasteiger partial charge is 0.0650 e. The Bertz CT molecular complexity index is 403. The number of hydrogen-bond acceptors (Lipinski definition) is 2. The van der Waals surface area contributed by atoms with Gasteiger partial charge in [-0.2, -0.15) is 5.10 Å². The minimum absolute atomic E-state index is 0.942. The van der Waals surface area contributed by atoms with Crippen LogP contribution < -0.4 is 5.32 Å². The van der Waals surface area contributed by atoms with E-state index < -0.39 is 0 Å². The van der Waals surface area contributed by atoms with Gasteiger partial charge in [-0.25, -0.2) is 0 Å². The third-order valence-corrected chi connectivity index (χ3v) is 2.52. The minimum atomic E-state index is 0.942. The summed E-state index contributed by atoms with van der Waals surface area (Å²) in [7, 11) is 0. The van der Waals surface area contributed by atoms with Crippen molar-refractivity contribution in [1.82, 2.24) is 15.5 Å². The molecule has 0 unspecified atom stereocenters. The van der Waals surface area contributed by atoms with Gasteiger partial charge in [0.05, 0.1) is 5.69 Å². The van der Waals surface area contributed by atoms with Gasteiger partial charge in [-0.3, -0.25) is 5.10 Å². The molecule has 0 aliphatic carbocycles. The molecule has 0 radical (unpaired) electrons. The van der Waals surface area contributed by atoms with Gasteiger partial charge in [0.25, 0.3) is 0 Å². The highest BCUT2D eigenvalue weighted by Crippen LogP contribution is 2.16. The van der Waals surface area contributed by atoms with Crippen LogP contribution in [0.4, 0.5) is 0 Å². The topological polar surface area (TPSA) is 40.7 Å². The molecule has 0 saturated heterocycles. The summed E-state index contributed by atoms with van der Waals surface area (Å²) in [6, 6.07) is 10.5. The molecule has 0 amide bonds. The van der Waals surface area contributed by atoms with Gasteiger partial charge in [0.15, 0.2) is 0 Å². The van der Waals surface area contributed by atoms with Crippen LogP contribution in [0, 0.1) is 0 Å². The lowest BCUT2D eigenvalue weighted by atomic mass is 10.1. The van der Waals surface area contributed by atoms with Gasteiger partial charge >= 0.3 is 0 Å². The van der Waals surface area contributed by atoms with E-state index in [1.54, 1.807) is 6.20 Å². The molecule has 0 spiro atoms. The van der Waals surface area contributed by atoms with Crippen LogP contribution in [0.15, 0.2) is 36.5 Å². The van der Waals surface area contributed by atoms with Crippen LogP contribution in [-0.2, 0) is 6.54 Å². The summed E-state index contributed by atoms with van der Waals surface area (Å²) in [5.74, 6) is 0. The maximum absolute atomic E-state index is 3.94. The molecule has 0 fully saturated rings. The second-order valence-corrected chi connectivity index (χ2v) is 3.84. The Morgan fingerprint density at radius 1 is 1.19 bits per heavy atom. The van der Waals surface area contributed by atoms with E-state index in [0.717, 1.165) is 18.8 Å². The molecule has 0 saturated carbocycles. The molecule has 3 nitrogen and oxygen atoms in total. The van der Waals surface area contributed by atoms with Crippen molar-refractivity contribution in [2.75, 3.05) is 6.54 Å². The van der Waals surface area contributed by atoms with Gasteiger partial charge in [0, 0.05) is 12.7 Å². The van der Waals surface area contributed by atoms with Crippen molar-refractivity contribution in [3.8, 4) is 11.3 Å². The maximum atomic E-state index is 3.94. The van der Waals surface area contributed by atoms with Crippen molar-refractivity contribution >= 4 is 0 Å². The molecule has 0 atom stereocenters. The summed E-state index contributed by atoms with van der Waals surface area (Å²) < 4.78 is 0. The quantitative estimate of drug-likeness (QED) is 0.753. The van der Waals surface area contributed by atoms with E-state index in [2.05, 4.69) is 46.7 Å². The lowest BCUT2D eigenvalue weighted by molar-refractivity contribution is 0.675. The van der Waals surface area contributed by atoms with E-state index in [0.29, 0.717) is 0 Å². The number of hydrogen-bond donors (Lipinski definition) is 2. The van der Waals surface area contributed by atoms with Crippen LogP contribution in [0.3, 0.4) is 0 Å². The lowest BCUT2D eigenvalue weighted by Crippen LogP contribution is -2.13. The van der Waals surface area contributed by atoms with Gasteiger partial charge in [0.1, 0.15) is 0 Å². The molecular formula is C13H17N3. The molecule has 2 rings (SSSR count). The predicted octanol–water partition coefficient (Wildman–Crippen LogP) is 2.58. The minimum Gasteiger partial charge on any atom is -0.313 e. The number of aromatic nitrogens is 2. The van der Waals surface area contributed by atoms with Crippen molar-refractivity contribution < 1.29 is 0 Å². The van der Waals surface area contributed by atoms with Gasteiger partial charge in [-0.15, -0.1) is 0 Å². The highest BCUT2D eigenvalue weighted by atomic mass is 15.1. The Morgan fingerprint density at radius 2 is 2.00 bits per heavy atom. The molecule has 84 valence electrons. The molecule has 1 aromatic heterocycles. The Kier molecular flexibility index (Phi) is 3.72. The Labute approximate surface area is 95.9 Å². The third-order valence-electron chi connectivity index (χ3n) is 2.52. The van der Waals surface area contributed by atoms with Crippen molar-refractivity contribution in [3.05, 3.63) is 42.1 Å². The number of H-pyrrole nitrogens is 1. The lowest BCUT2D eigenvalue weighted by Gasteiger charge is -2.04. The summed E-state index contributed by atoms with van der Waals surface area (Å²) in [6.45, 7) is 4.19. The Morgan fingerprint density at radius 3 is 2.62 bits per heavy atom. The number of nitrogens with zero attached hydrogens (tertiary/aromatic N) is 1. The molecule has 3 heteroatoms. The number of rotatable bonds is 5. The molecule has 0 aliphatic rings. The first-order valence-corrected chi connectivity index (χ1v) is 5.69. The Balaban J connectivity index is 2.00. The van der Waals surface area contributed by atoms with Crippen LogP contribution in [0.1, 0.15) is 18.9 Å². The highest BCUT2D eigenvalue weighted by molar-refractivity contribution is 5.58. The highest BCUT2D eigenvalue weighted by Gasteiger charge is 1.98. The fraction of sp³-hybridized carbons (Fsp3) is 0.308. The van der Waals surface area contributed by atoms with Crippen LogP contribution in [0.5, 0.6) is 0 Å². The zero-order valence-corrected chi connectivity index (χ0v) is 9.53. The van der Waals surface area contributed by atoms with Crippen molar-refractivity contribution in [3.63, 3.8) is 0 Å². The Hall–Kier alpha value is -1.61. The average molecular weight is 215 g/mol. The number of nitrogens with one attached hydrogen (secondary N) is 2. The van der Waals surface area contributed by atoms with Crippen LogP contribution in [0.25, 0.3) is 11.3 Å². The van der Waals surface area contributed by atoms with E-state index in [1.165, 1.54) is 17.5 Å². The van der Waals surface area contributed by atoms with Crippen LogP contribution >= 0.6 is 0 Å². The second-order valence-electron chi connectivity index (χ2n) is 3.84. The first-order valence-electron chi connectivity index (χ1n) is 5.69. The van der Waals surface area contributed by atoms with Crippen LogP contribution in [-0.4, -0.2) is 16.7 Å². The fourth-order valence-corrected chi connectivity index (χ4v) is 1.63. The summed E-state index contributed by atoms with van der Waals surface area (Å²) in [5, 5.41) is 10.3. The fourth-order valence-electron chi connectivity index (χ4n) is 1.63. The van der Waals surface area contributed by atoms with Crippen molar-refractivity contribution in [2.45, 2.75) is 19.9 Å². The van der Waals surface area contributed by atoms with Gasteiger partial charge < -0.3 is 5.32 Å². The maximum Gasteiger partial charge on any atom is 0.0650 e. The predicted molar refractivity (Wildman–Crippen MR) is 66.0 cm³/mol. The van der Waals surface area contributed by atoms with Crippen LogP contribution in [0.2, 0.25) is 0 Å². The van der Waals surface area contributed by atoms with Gasteiger partial charge in [-0.1, -0.05) is 31.2 Å². The monoisotopic (exact) mass is 215 g/mol. The first-order chi connectivity index (χ1) is 7.90. The largest absolute Gasteiger partial charge is 0.313 e. The van der Waals surface area contributed by atoms with E-state index in [-0.39, 0.29) is 0 Å². The zero-order chi connectivity index (χ0) is 11.2. The molecular weight excluding hydrogens is 198 g/mol. The van der Waals surface area contributed by atoms with E-state index in [9.17, 15) is 0 Å². The number of aromatic amines is 1. The van der Waals surface area contributed by atoms with E-state index in [1.807, 2.05) is 6.07 Å². The zero-order valence-electron chi connectivity index (χ0n) is 9.53. The van der Waals surface area contributed by atoms with Gasteiger partial charge in [0.2, 0.25) is 0 Å². The van der Waals surface area contributed by atoms with Gasteiger partial charge in [-0.05, 0) is 30.2 Å². The molecule has 1 aromatic carbocycles. The van der Waals surface area contributed by atoms with Crippen molar-refractivity contribution in [1.29, 1.82) is 0 Å². The first kappa shape index (κ1) is 10.9. The number of benzene rings is 1. The molecule has 1 heterocycles. The molecule has 2 N–H and O–H groups in total. The molecule has 16 heavy (non-hydrogen) atoms. The second kappa shape index (κ2) is 5.47. The summed E-state index contributed by atoms with van der Waals surface area (Å²) >= 11 is 0. The van der Waals surface area contributed by atoms with E-state index in [4.69, 9.17) is 0 Å².